The smallest absolute Gasteiger partial charge is 0.107 e. The minimum absolute atomic E-state index is 0. The molecule has 0 fully saturated rings. The second kappa shape index (κ2) is 23.2. The van der Waals surface area contributed by atoms with Gasteiger partial charge < -0.3 is 12.4 Å². The summed E-state index contributed by atoms with van der Waals surface area (Å²) in [6.07, 6.45) is 23.6. The van der Waals surface area contributed by atoms with Crippen molar-refractivity contribution in [2.75, 3.05) is 13.1 Å². The van der Waals surface area contributed by atoms with Gasteiger partial charge in [0.1, 0.15) is 13.1 Å². The van der Waals surface area contributed by atoms with Crippen molar-refractivity contribution in [1.82, 2.24) is 0 Å². The first-order valence-corrected chi connectivity index (χ1v) is 11.7. The molecule has 0 aromatic carbocycles. The fourth-order valence-corrected chi connectivity index (χ4v) is 3.46. The minimum atomic E-state index is 0. The van der Waals surface area contributed by atoms with Gasteiger partial charge in [-0.3, -0.25) is 0 Å². The van der Waals surface area contributed by atoms with Crippen molar-refractivity contribution in [2.45, 2.75) is 130 Å². The van der Waals surface area contributed by atoms with Crippen molar-refractivity contribution in [3.8, 4) is 0 Å². The van der Waals surface area contributed by atoms with Gasteiger partial charge in [-0.25, -0.2) is 5.21 Å². The average molecular weight is 392 g/mol. The Balaban J connectivity index is 0. The van der Waals surface area contributed by atoms with Crippen LogP contribution in [0.3, 0.4) is 0 Å². The third kappa shape index (κ3) is 24.2. The molecule has 2 nitrogen and oxygen atoms in total. The molecule has 0 rings (SSSR count). The van der Waals surface area contributed by atoms with Crippen LogP contribution < -0.4 is 17.5 Å². The van der Waals surface area contributed by atoms with Crippen molar-refractivity contribution in [3.05, 3.63) is 0 Å². The summed E-state index contributed by atoms with van der Waals surface area (Å²) in [5, 5.41) is 10.6. The average Bonchev–Trinajstić information content (AvgIpc) is 2.59. The summed E-state index contributed by atoms with van der Waals surface area (Å²) in [5.41, 5.74) is 0. The molecule has 0 saturated carbocycles. The molecule has 0 bridgehead atoms. The molecule has 0 saturated heterocycles. The van der Waals surface area contributed by atoms with E-state index in [1.807, 2.05) is 0 Å². The summed E-state index contributed by atoms with van der Waals surface area (Å²) in [4.78, 5) is 0. The predicted molar refractivity (Wildman–Crippen MR) is 111 cm³/mol. The van der Waals surface area contributed by atoms with Crippen LogP contribution in [0.4, 0.5) is 0 Å². The maximum absolute atomic E-state index is 9.83. The lowest BCUT2D eigenvalue weighted by atomic mass is 10.0. The fraction of sp³-hybridized carbons (Fsp3) is 1.00. The summed E-state index contributed by atoms with van der Waals surface area (Å²) < 4.78 is 0. The molecule has 0 aliphatic rings. The number of hydrogen-bond acceptors (Lipinski definition) is 1. The standard InChI is InChI=1S/C23H49NO.ClH/c1-4-5-6-7-8-9-10-11-12-13-14-15-16-17-18-19-21-24(25)22-20-23(2)3;/h23,25H,4-22H2,1-3H3;1H. The van der Waals surface area contributed by atoms with Gasteiger partial charge in [0, 0.05) is 6.42 Å². The summed E-state index contributed by atoms with van der Waals surface area (Å²) in [6, 6.07) is 0. The van der Waals surface area contributed by atoms with E-state index >= 15 is 0 Å². The Labute approximate surface area is 171 Å². The first-order valence-electron chi connectivity index (χ1n) is 11.7. The highest BCUT2D eigenvalue weighted by Gasteiger charge is 2.05. The normalized spacial score (nSPS) is 12.3. The van der Waals surface area contributed by atoms with Crippen LogP contribution in [0.15, 0.2) is 0 Å². The van der Waals surface area contributed by atoms with E-state index in [0.29, 0.717) is 5.92 Å². The van der Waals surface area contributed by atoms with Crippen LogP contribution >= 0.6 is 0 Å². The molecule has 0 aromatic rings. The largest absolute Gasteiger partial charge is 1.00 e. The summed E-state index contributed by atoms with van der Waals surface area (Å²) in [6.45, 7) is 8.59. The highest BCUT2D eigenvalue weighted by molar-refractivity contribution is 4.50. The van der Waals surface area contributed by atoms with Crippen LogP contribution in [0.2, 0.25) is 0 Å². The molecule has 0 radical (unpaired) electrons. The highest BCUT2D eigenvalue weighted by atomic mass is 35.5. The summed E-state index contributed by atoms with van der Waals surface area (Å²) >= 11 is 0. The van der Waals surface area contributed by atoms with E-state index in [4.69, 9.17) is 0 Å². The van der Waals surface area contributed by atoms with Crippen molar-refractivity contribution < 1.29 is 22.7 Å². The maximum Gasteiger partial charge on any atom is 0.107 e. The number of halogens is 1. The van der Waals surface area contributed by atoms with E-state index < -0.39 is 0 Å². The second-order valence-electron chi connectivity index (χ2n) is 8.55. The van der Waals surface area contributed by atoms with Gasteiger partial charge in [-0.2, -0.15) is 5.06 Å². The quantitative estimate of drug-likeness (QED) is 0.240. The zero-order valence-electron chi connectivity index (χ0n) is 18.3. The molecule has 0 aromatic heterocycles. The molecule has 0 heterocycles. The van der Waals surface area contributed by atoms with Crippen molar-refractivity contribution in [1.29, 1.82) is 0 Å². The Hall–Kier alpha value is 0.210. The van der Waals surface area contributed by atoms with Crippen LogP contribution in [-0.4, -0.2) is 18.3 Å². The number of hydrogen-bond donors (Lipinski definition) is 2. The lowest BCUT2D eigenvalue weighted by Crippen LogP contribution is -3.09. The van der Waals surface area contributed by atoms with E-state index in [1.165, 1.54) is 103 Å². The zero-order valence-corrected chi connectivity index (χ0v) is 19.1. The topological polar surface area (TPSA) is 24.7 Å². The molecule has 0 aliphatic heterocycles. The summed E-state index contributed by atoms with van der Waals surface area (Å²) in [7, 11) is 0. The molecule has 1 atom stereocenters. The third-order valence-electron chi connectivity index (χ3n) is 5.33. The van der Waals surface area contributed by atoms with Crippen molar-refractivity contribution >= 4 is 0 Å². The zero-order chi connectivity index (χ0) is 18.6. The number of unbranched alkanes of at least 4 members (excludes halogenated alkanes) is 15. The molecule has 0 amide bonds. The van der Waals surface area contributed by atoms with Gasteiger partial charge in [-0.05, 0) is 18.8 Å². The molecular formula is C23H50ClNO. The van der Waals surface area contributed by atoms with Crippen LogP contribution in [0.25, 0.3) is 0 Å². The van der Waals surface area contributed by atoms with Crippen LogP contribution in [0, 0.1) is 5.92 Å². The molecule has 160 valence electrons. The van der Waals surface area contributed by atoms with Crippen molar-refractivity contribution in [2.24, 2.45) is 5.92 Å². The SMILES string of the molecule is CCCCCCCCCCCCCCCCCC[NH+](O)CCC(C)C.[Cl-]. The van der Waals surface area contributed by atoms with E-state index in [2.05, 4.69) is 20.8 Å². The molecule has 0 aliphatic carbocycles. The number of rotatable bonds is 20. The Bertz CT molecular complexity index is 248. The van der Waals surface area contributed by atoms with Gasteiger partial charge >= 0.3 is 0 Å². The van der Waals surface area contributed by atoms with Gasteiger partial charge in [-0.15, -0.1) is 0 Å². The third-order valence-corrected chi connectivity index (χ3v) is 5.33. The molecular weight excluding hydrogens is 342 g/mol. The fourth-order valence-electron chi connectivity index (χ4n) is 3.46. The molecule has 3 heteroatoms. The number of hydroxylamine groups is 2. The van der Waals surface area contributed by atoms with E-state index in [-0.39, 0.29) is 12.4 Å². The molecule has 2 N–H and O–H groups in total. The monoisotopic (exact) mass is 391 g/mol. The van der Waals surface area contributed by atoms with Crippen LogP contribution in [0.5, 0.6) is 0 Å². The van der Waals surface area contributed by atoms with Gasteiger partial charge in [-0.1, -0.05) is 111 Å². The Morgan fingerprint density at radius 1 is 0.577 bits per heavy atom. The van der Waals surface area contributed by atoms with Gasteiger partial charge in [0.05, 0.1) is 0 Å². The molecule has 26 heavy (non-hydrogen) atoms. The number of quaternary nitrogens is 1. The lowest BCUT2D eigenvalue weighted by molar-refractivity contribution is -1.09. The Kier molecular flexibility index (Phi) is 25.4. The lowest BCUT2D eigenvalue weighted by Gasteiger charge is -2.11. The maximum atomic E-state index is 9.83. The highest BCUT2D eigenvalue weighted by Crippen LogP contribution is 2.13. The minimum Gasteiger partial charge on any atom is -1.00 e. The van der Waals surface area contributed by atoms with E-state index in [9.17, 15) is 5.21 Å². The van der Waals surface area contributed by atoms with Gasteiger partial charge in [0.2, 0.25) is 0 Å². The van der Waals surface area contributed by atoms with Gasteiger partial charge in [0.25, 0.3) is 0 Å². The second-order valence-corrected chi connectivity index (χ2v) is 8.55. The Morgan fingerprint density at radius 3 is 1.27 bits per heavy atom. The first kappa shape index (κ1) is 28.4. The van der Waals surface area contributed by atoms with Crippen molar-refractivity contribution in [3.63, 3.8) is 0 Å². The summed E-state index contributed by atoms with van der Waals surface area (Å²) in [5.74, 6) is 0.702. The first-order chi connectivity index (χ1) is 12.2. The van der Waals surface area contributed by atoms with E-state index in [1.54, 1.807) is 0 Å². The molecule has 1 unspecified atom stereocenters. The predicted octanol–water partition coefficient (Wildman–Crippen LogP) is 3.57. The molecule has 0 spiro atoms. The van der Waals surface area contributed by atoms with Crippen LogP contribution in [0.1, 0.15) is 130 Å². The van der Waals surface area contributed by atoms with Gasteiger partial charge in [0.15, 0.2) is 0 Å². The van der Waals surface area contributed by atoms with Crippen LogP contribution in [-0.2, 0) is 0 Å². The van der Waals surface area contributed by atoms with E-state index in [0.717, 1.165) is 24.6 Å². The Morgan fingerprint density at radius 2 is 0.923 bits per heavy atom. The number of nitrogens with one attached hydrogen (secondary N) is 1.